The molecule has 1 aliphatic heterocycles. The molecule has 0 bridgehead atoms. The number of carbonyl (C=O) groups is 1. The predicted molar refractivity (Wildman–Crippen MR) is 99.5 cm³/mol. The van der Waals surface area contributed by atoms with Crippen LogP contribution < -0.4 is 10.6 Å². The molecule has 5 nitrogen and oxygen atoms in total. The lowest BCUT2D eigenvalue weighted by molar-refractivity contribution is -0.143. The fraction of sp³-hybridized carbons (Fsp3) is 0.222. The van der Waals surface area contributed by atoms with Crippen molar-refractivity contribution < 1.29 is 31.1 Å². The van der Waals surface area contributed by atoms with E-state index in [2.05, 4.69) is 10.3 Å². The molecule has 2 aromatic rings. The Morgan fingerprint density at radius 3 is 2.07 bits per heavy atom. The predicted octanol–water partition coefficient (Wildman–Crippen LogP) is 5.58. The summed E-state index contributed by atoms with van der Waals surface area (Å²) in [5.74, 6) is 0.480. The Morgan fingerprint density at radius 1 is 0.933 bits per heavy atom. The maximum Gasteiger partial charge on any atom is 0.416 e. The summed E-state index contributed by atoms with van der Waals surface area (Å²) in [7, 11) is 0. The molecule has 0 saturated heterocycles. The molecule has 1 heterocycles. The molecular formula is C18H13ClF6N4O. The Hall–Kier alpha value is -2.95. The van der Waals surface area contributed by atoms with E-state index in [0.29, 0.717) is 36.6 Å². The van der Waals surface area contributed by atoms with Gasteiger partial charge in [-0.2, -0.15) is 26.3 Å². The fourth-order valence-electron chi connectivity index (χ4n) is 2.71. The molecule has 160 valence electrons. The van der Waals surface area contributed by atoms with Crippen LogP contribution in [0.2, 0.25) is 0 Å². The van der Waals surface area contributed by atoms with Crippen LogP contribution in [-0.2, 0) is 12.4 Å². The quantitative estimate of drug-likeness (QED) is 0.473. The highest BCUT2D eigenvalue weighted by Crippen LogP contribution is 2.37. The molecule has 30 heavy (non-hydrogen) atoms. The van der Waals surface area contributed by atoms with Crippen molar-refractivity contribution in [2.75, 3.05) is 23.7 Å². The van der Waals surface area contributed by atoms with Crippen molar-refractivity contribution in [3.63, 3.8) is 0 Å². The monoisotopic (exact) mass is 450 g/mol. The summed E-state index contributed by atoms with van der Waals surface area (Å²) in [6, 6.07) is 6.08. The molecule has 2 N–H and O–H groups in total. The normalized spacial score (nSPS) is 14.5. The van der Waals surface area contributed by atoms with E-state index in [1.165, 1.54) is 16.6 Å². The van der Waals surface area contributed by atoms with Gasteiger partial charge in [0.25, 0.3) is 0 Å². The number of hydrogen-bond donors (Lipinski definition) is 2. The van der Waals surface area contributed by atoms with E-state index in [1.807, 2.05) is 5.32 Å². The van der Waals surface area contributed by atoms with Crippen LogP contribution in [0.15, 0.2) is 47.5 Å². The van der Waals surface area contributed by atoms with Crippen molar-refractivity contribution in [1.82, 2.24) is 4.42 Å². The van der Waals surface area contributed by atoms with Gasteiger partial charge in [0.1, 0.15) is 5.84 Å². The zero-order valence-electron chi connectivity index (χ0n) is 14.9. The molecule has 0 radical (unpaired) electrons. The second-order valence-electron chi connectivity index (χ2n) is 6.25. The van der Waals surface area contributed by atoms with Crippen LogP contribution in [0.25, 0.3) is 0 Å². The molecule has 0 aromatic heterocycles. The van der Waals surface area contributed by atoms with E-state index in [9.17, 15) is 31.1 Å². The molecule has 2 aromatic carbocycles. The van der Waals surface area contributed by atoms with Crippen LogP contribution in [0.3, 0.4) is 0 Å². The minimum Gasteiger partial charge on any atom is -0.308 e. The molecule has 3 rings (SSSR count). The van der Waals surface area contributed by atoms with E-state index < -0.39 is 35.2 Å². The fourth-order valence-corrected chi connectivity index (χ4v) is 2.94. The molecule has 2 amide bonds. The molecule has 0 aliphatic carbocycles. The zero-order chi connectivity index (χ0) is 22.1. The Bertz CT molecular complexity index is 957. The van der Waals surface area contributed by atoms with Crippen molar-refractivity contribution in [3.8, 4) is 0 Å². The van der Waals surface area contributed by atoms with Crippen LogP contribution in [0, 0.1) is 0 Å². The number of alkyl halides is 6. The Kier molecular flexibility index (Phi) is 5.84. The summed E-state index contributed by atoms with van der Waals surface area (Å²) in [6.07, 6.45) is -10.0. The SMILES string of the molecule is O=C(Nc1cccc(C2=NCCN2Cl)c1)Nc1cc(C(F)(F)F)cc(C(F)(F)F)c1. The number of halogens is 7. The number of rotatable bonds is 3. The second kappa shape index (κ2) is 8.05. The molecule has 0 saturated carbocycles. The summed E-state index contributed by atoms with van der Waals surface area (Å²) in [5, 5.41) is 4.35. The van der Waals surface area contributed by atoms with Gasteiger partial charge >= 0.3 is 18.4 Å². The molecule has 0 fully saturated rings. The number of nitrogens with zero attached hydrogens (tertiary/aromatic N) is 2. The molecule has 1 aliphatic rings. The molecule has 0 unspecified atom stereocenters. The van der Waals surface area contributed by atoms with Gasteiger partial charge in [0, 0.05) is 28.7 Å². The van der Waals surface area contributed by atoms with Crippen LogP contribution in [0.4, 0.5) is 42.5 Å². The summed E-state index contributed by atoms with van der Waals surface area (Å²) in [5.41, 5.74) is -2.89. The minimum atomic E-state index is -5.02. The molecule has 0 atom stereocenters. The van der Waals surface area contributed by atoms with E-state index in [1.54, 1.807) is 12.1 Å². The van der Waals surface area contributed by atoms with Crippen molar-refractivity contribution in [3.05, 3.63) is 59.2 Å². The van der Waals surface area contributed by atoms with Gasteiger partial charge in [-0.1, -0.05) is 12.1 Å². The topological polar surface area (TPSA) is 56.7 Å². The second-order valence-corrected chi connectivity index (χ2v) is 6.65. The van der Waals surface area contributed by atoms with Crippen LogP contribution in [-0.4, -0.2) is 29.4 Å². The number of benzene rings is 2. The zero-order valence-corrected chi connectivity index (χ0v) is 15.7. The van der Waals surface area contributed by atoms with Gasteiger partial charge in [-0.3, -0.25) is 9.41 Å². The lowest BCUT2D eigenvalue weighted by atomic mass is 10.1. The van der Waals surface area contributed by atoms with Gasteiger partial charge in [0.2, 0.25) is 0 Å². The average Bonchev–Trinajstić information content (AvgIpc) is 3.06. The first kappa shape index (κ1) is 21.8. The molecule has 12 heteroatoms. The highest BCUT2D eigenvalue weighted by atomic mass is 35.5. The first-order chi connectivity index (χ1) is 13.9. The smallest absolute Gasteiger partial charge is 0.308 e. The highest BCUT2D eigenvalue weighted by molar-refractivity contribution is 6.26. The van der Waals surface area contributed by atoms with Gasteiger partial charge in [-0.05, 0) is 30.3 Å². The van der Waals surface area contributed by atoms with Crippen LogP contribution in [0.1, 0.15) is 16.7 Å². The summed E-state index contributed by atoms with van der Waals surface area (Å²) in [4.78, 5) is 16.4. The average molecular weight is 451 g/mol. The summed E-state index contributed by atoms with van der Waals surface area (Å²) in [6.45, 7) is 1.00. The Labute approximate surface area is 171 Å². The van der Waals surface area contributed by atoms with Gasteiger partial charge in [0.15, 0.2) is 0 Å². The van der Waals surface area contributed by atoms with E-state index >= 15 is 0 Å². The lowest BCUT2D eigenvalue weighted by Crippen LogP contribution is -2.21. The van der Waals surface area contributed by atoms with E-state index in [0.717, 1.165) is 0 Å². The number of amides is 2. The number of amidine groups is 1. The van der Waals surface area contributed by atoms with Gasteiger partial charge in [-0.25, -0.2) is 4.79 Å². The number of anilines is 2. The number of aliphatic imine (C=N–C) groups is 1. The lowest BCUT2D eigenvalue weighted by Gasteiger charge is -2.15. The van der Waals surface area contributed by atoms with Crippen molar-refractivity contribution in [1.29, 1.82) is 0 Å². The Balaban J connectivity index is 1.80. The van der Waals surface area contributed by atoms with Gasteiger partial charge in [0.05, 0.1) is 24.2 Å². The maximum absolute atomic E-state index is 12.9. The van der Waals surface area contributed by atoms with Crippen molar-refractivity contribution in [2.24, 2.45) is 4.99 Å². The number of hydrogen-bond acceptors (Lipinski definition) is 3. The third-order valence-electron chi connectivity index (χ3n) is 4.01. The number of carbonyl (C=O) groups excluding carboxylic acids is 1. The Morgan fingerprint density at radius 2 is 1.53 bits per heavy atom. The van der Waals surface area contributed by atoms with Crippen LogP contribution in [0.5, 0.6) is 0 Å². The summed E-state index contributed by atoms with van der Waals surface area (Å²) < 4.78 is 78.9. The van der Waals surface area contributed by atoms with E-state index in [4.69, 9.17) is 11.8 Å². The maximum atomic E-state index is 12.9. The van der Waals surface area contributed by atoms with Crippen molar-refractivity contribution >= 4 is 35.0 Å². The van der Waals surface area contributed by atoms with Gasteiger partial charge in [-0.15, -0.1) is 0 Å². The standard InChI is InChI=1S/C18H13ClF6N4O/c19-29-5-4-26-15(29)10-2-1-3-13(6-10)27-16(30)28-14-8-11(17(20,21)22)7-12(9-14)18(23,24)25/h1-3,6-9H,4-5H2,(H2,27,28,30). The van der Waals surface area contributed by atoms with Crippen molar-refractivity contribution in [2.45, 2.75) is 12.4 Å². The third kappa shape index (κ3) is 5.15. The first-order valence-corrected chi connectivity index (χ1v) is 8.73. The number of urea groups is 1. The molecular weight excluding hydrogens is 438 g/mol. The van der Waals surface area contributed by atoms with Gasteiger partial charge < -0.3 is 10.6 Å². The summed E-state index contributed by atoms with van der Waals surface area (Å²) >= 11 is 6.00. The third-order valence-corrected chi connectivity index (χ3v) is 4.34. The molecule has 0 spiro atoms. The largest absolute Gasteiger partial charge is 0.416 e. The van der Waals surface area contributed by atoms with E-state index in [-0.39, 0.29) is 11.8 Å². The number of nitrogens with one attached hydrogen (secondary N) is 2. The first-order valence-electron chi connectivity index (χ1n) is 8.39. The highest BCUT2D eigenvalue weighted by Gasteiger charge is 2.37. The minimum absolute atomic E-state index is 0.0210. The van der Waals surface area contributed by atoms with Crippen LogP contribution >= 0.6 is 11.8 Å².